The molecule has 1 aromatic carbocycles. The zero-order valence-corrected chi connectivity index (χ0v) is 20.9. The molecule has 0 bridgehead atoms. The van der Waals surface area contributed by atoms with Crippen molar-refractivity contribution < 1.29 is 24.3 Å². The van der Waals surface area contributed by atoms with Crippen LogP contribution in [0.2, 0.25) is 0 Å². The first-order valence-electron chi connectivity index (χ1n) is 10.7. The van der Waals surface area contributed by atoms with Crippen molar-refractivity contribution in [2.75, 3.05) is 25.1 Å². The predicted octanol–water partition coefficient (Wildman–Crippen LogP) is 1.00. The summed E-state index contributed by atoms with van der Waals surface area (Å²) < 4.78 is 0. The Bertz CT molecular complexity index is 1390. The number of amides is 2. The predicted molar refractivity (Wildman–Crippen MR) is 135 cm³/mol. The van der Waals surface area contributed by atoms with Gasteiger partial charge >= 0.3 is 5.97 Å². The van der Waals surface area contributed by atoms with Gasteiger partial charge in [0.25, 0.3) is 5.91 Å². The average molecular weight is 538 g/mol. The summed E-state index contributed by atoms with van der Waals surface area (Å²) in [4.78, 5) is 48.2. The van der Waals surface area contributed by atoms with Gasteiger partial charge in [0.15, 0.2) is 10.8 Å². The molecule has 2 unspecified atom stereocenters. The Morgan fingerprint density at radius 3 is 2.65 bits per heavy atom. The van der Waals surface area contributed by atoms with Crippen LogP contribution >= 0.6 is 23.1 Å². The summed E-state index contributed by atoms with van der Waals surface area (Å²) in [6.07, 6.45) is 2.87. The molecule has 2 aromatic rings. The minimum absolute atomic E-state index is 0.0951. The SMILES string of the molecule is CON=C(C(=O)NC1C(=O)N2CC(C=Cc3c(C#N)cccc3C#N)(C(=O)O)CS[C@H]12)c1csc(N)n1. The van der Waals surface area contributed by atoms with Gasteiger partial charge in [-0.15, -0.1) is 23.1 Å². The third kappa shape index (κ3) is 4.72. The maximum Gasteiger partial charge on any atom is 0.316 e. The number of hydrogen-bond donors (Lipinski definition) is 3. The summed E-state index contributed by atoms with van der Waals surface area (Å²) in [5.41, 5.74) is 5.01. The number of oxime groups is 1. The molecule has 188 valence electrons. The van der Waals surface area contributed by atoms with E-state index >= 15 is 0 Å². The number of thiazole rings is 1. The number of aliphatic carboxylic acids is 1. The fourth-order valence-corrected chi connectivity index (χ4v) is 6.04. The van der Waals surface area contributed by atoms with Crippen LogP contribution in [0, 0.1) is 28.1 Å². The number of thioether (sulfide) groups is 1. The number of carbonyl (C=O) groups is 3. The monoisotopic (exact) mass is 537 g/mol. The number of hydrogen-bond acceptors (Lipinski definition) is 11. The third-order valence-electron chi connectivity index (χ3n) is 5.90. The van der Waals surface area contributed by atoms with E-state index in [1.807, 2.05) is 12.1 Å². The van der Waals surface area contributed by atoms with Crippen molar-refractivity contribution in [3.8, 4) is 12.1 Å². The van der Waals surface area contributed by atoms with Gasteiger partial charge in [-0.2, -0.15) is 10.5 Å². The lowest BCUT2D eigenvalue weighted by atomic mass is 9.85. The largest absolute Gasteiger partial charge is 0.481 e. The number of nitriles is 2. The van der Waals surface area contributed by atoms with Crippen molar-refractivity contribution >= 4 is 57.8 Å². The number of carboxylic acids is 1. The minimum Gasteiger partial charge on any atom is -0.481 e. The van der Waals surface area contributed by atoms with Crippen molar-refractivity contribution in [2.45, 2.75) is 11.4 Å². The number of nitrogen functional groups attached to an aromatic ring is 1. The van der Waals surface area contributed by atoms with E-state index in [-0.39, 0.29) is 40.0 Å². The third-order valence-corrected chi connectivity index (χ3v) is 8.12. The number of rotatable bonds is 7. The number of aromatic nitrogens is 1. The lowest BCUT2D eigenvalue weighted by Crippen LogP contribution is -2.73. The lowest BCUT2D eigenvalue weighted by Gasteiger charge is -2.53. The van der Waals surface area contributed by atoms with Crippen molar-refractivity contribution in [2.24, 2.45) is 10.6 Å². The fraction of sp³-hybridized carbons (Fsp3) is 0.261. The number of benzene rings is 1. The number of nitrogens with one attached hydrogen (secondary N) is 1. The van der Waals surface area contributed by atoms with Gasteiger partial charge in [-0.1, -0.05) is 23.4 Å². The summed E-state index contributed by atoms with van der Waals surface area (Å²) in [6.45, 7) is -0.139. The molecule has 0 aliphatic carbocycles. The van der Waals surface area contributed by atoms with Crippen molar-refractivity contribution in [1.29, 1.82) is 10.5 Å². The summed E-state index contributed by atoms with van der Waals surface area (Å²) in [5.74, 6) is -2.19. The van der Waals surface area contributed by atoms with E-state index < -0.39 is 34.6 Å². The van der Waals surface area contributed by atoms with Crippen LogP contribution in [0.1, 0.15) is 22.4 Å². The Morgan fingerprint density at radius 1 is 1.38 bits per heavy atom. The van der Waals surface area contributed by atoms with Gasteiger partial charge in [0.2, 0.25) is 5.91 Å². The molecular formula is C23H19N7O5S2. The normalized spacial score (nSPS) is 22.9. The van der Waals surface area contributed by atoms with E-state index in [4.69, 9.17) is 10.6 Å². The molecule has 12 nitrogen and oxygen atoms in total. The van der Waals surface area contributed by atoms with Gasteiger partial charge in [-0.05, 0) is 12.1 Å². The summed E-state index contributed by atoms with van der Waals surface area (Å²) in [5, 5.41) is 36.5. The Morgan fingerprint density at radius 2 is 2.08 bits per heavy atom. The highest BCUT2D eigenvalue weighted by Crippen LogP contribution is 2.43. The molecule has 1 aromatic heterocycles. The van der Waals surface area contributed by atoms with Crippen molar-refractivity contribution in [3.05, 3.63) is 52.0 Å². The van der Waals surface area contributed by atoms with Crippen LogP contribution in [-0.4, -0.2) is 69.3 Å². The molecule has 0 saturated carbocycles. The van der Waals surface area contributed by atoms with Gasteiger partial charge in [0.1, 0.15) is 29.6 Å². The molecule has 3 atom stereocenters. The molecule has 0 radical (unpaired) electrons. The number of fused-ring (bicyclic) bond motifs is 1. The van der Waals surface area contributed by atoms with E-state index in [1.165, 1.54) is 53.4 Å². The molecule has 3 heterocycles. The highest BCUT2D eigenvalue weighted by atomic mass is 32.2. The summed E-state index contributed by atoms with van der Waals surface area (Å²) >= 11 is 2.32. The number of nitrogens with two attached hydrogens (primary N) is 1. The van der Waals surface area contributed by atoms with Gasteiger partial charge < -0.3 is 25.9 Å². The number of carboxylic acid groups (broad SMARTS) is 1. The van der Waals surface area contributed by atoms with Crippen molar-refractivity contribution in [3.63, 3.8) is 0 Å². The maximum absolute atomic E-state index is 12.9. The van der Waals surface area contributed by atoms with Gasteiger partial charge in [0, 0.05) is 23.2 Å². The number of nitrogens with zero attached hydrogens (tertiary/aromatic N) is 5. The zero-order chi connectivity index (χ0) is 26.7. The number of β-lactam (4-membered cyclic amide) rings is 1. The van der Waals surface area contributed by atoms with Crippen LogP contribution in [0.3, 0.4) is 0 Å². The molecule has 2 fully saturated rings. The minimum atomic E-state index is -1.46. The van der Waals surface area contributed by atoms with Crippen LogP contribution in [-0.2, 0) is 19.2 Å². The maximum atomic E-state index is 12.9. The molecule has 37 heavy (non-hydrogen) atoms. The molecule has 2 aliphatic heterocycles. The molecule has 4 rings (SSSR count). The Hall–Kier alpha value is -4.40. The van der Waals surface area contributed by atoms with Crippen LogP contribution in [0.5, 0.6) is 0 Å². The Labute approximate surface area is 219 Å². The fourth-order valence-electron chi connectivity index (χ4n) is 3.98. The lowest BCUT2D eigenvalue weighted by molar-refractivity contribution is -0.155. The molecular weight excluding hydrogens is 518 g/mol. The Kier molecular flexibility index (Phi) is 7.15. The van der Waals surface area contributed by atoms with Crippen LogP contribution < -0.4 is 11.1 Å². The second kappa shape index (κ2) is 10.3. The first kappa shape index (κ1) is 25.7. The molecule has 2 saturated heterocycles. The highest BCUT2D eigenvalue weighted by molar-refractivity contribution is 8.00. The van der Waals surface area contributed by atoms with Crippen LogP contribution in [0.15, 0.2) is 34.8 Å². The van der Waals surface area contributed by atoms with Crippen LogP contribution in [0.25, 0.3) is 6.08 Å². The molecule has 14 heteroatoms. The topological polar surface area (TPSA) is 195 Å². The second-order valence-electron chi connectivity index (χ2n) is 8.10. The zero-order valence-electron chi connectivity index (χ0n) is 19.2. The Balaban J connectivity index is 1.52. The van der Waals surface area contributed by atoms with Gasteiger partial charge in [-0.3, -0.25) is 14.4 Å². The average Bonchev–Trinajstić information content (AvgIpc) is 3.33. The van der Waals surface area contributed by atoms with Gasteiger partial charge in [0.05, 0.1) is 23.3 Å². The smallest absolute Gasteiger partial charge is 0.316 e. The summed E-state index contributed by atoms with van der Waals surface area (Å²) in [7, 11) is 1.27. The first-order valence-corrected chi connectivity index (χ1v) is 12.6. The van der Waals surface area contributed by atoms with E-state index in [0.717, 1.165) is 11.3 Å². The van der Waals surface area contributed by atoms with Crippen molar-refractivity contribution in [1.82, 2.24) is 15.2 Å². The second-order valence-corrected chi connectivity index (χ2v) is 10.1. The summed E-state index contributed by atoms with van der Waals surface area (Å²) in [6, 6.07) is 7.75. The highest BCUT2D eigenvalue weighted by Gasteiger charge is 2.57. The molecule has 2 amide bonds. The molecule has 2 aliphatic rings. The van der Waals surface area contributed by atoms with E-state index in [0.29, 0.717) is 5.56 Å². The van der Waals surface area contributed by atoms with Gasteiger partial charge in [-0.25, -0.2) is 4.98 Å². The number of carbonyl (C=O) groups excluding carboxylic acids is 2. The first-order chi connectivity index (χ1) is 17.7. The van der Waals surface area contributed by atoms with E-state index in [2.05, 4.69) is 15.5 Å². The standard InChI is InChI=1S/C23H19N7O5S2/c1-35-29-16(15-9-36-22(26)27-15)18(31)28-17-19(32)30-10-23(21(33)34,11-37-20(17)30)6-5-14-12(7-24)3-2-4-13(14)8-25/h2-6,9,17,20H,10-11H2,1H3,(H2,26,27)(H,28,31)(H,33,34)/t17?,20-,23?/m1/s1. The molecule has 4 N–H and O–H groups in total. The van der Waals surface area contributed by atoms with E-state index in [9.17, 15) is 30.0 Å². The number of anilines is 1. The van der Waals surface area contributed by atoms with E-state index in [1.54, 1.807) is 6.07 Å². The quantitative estimate of drug-likeness (QED) is 0.260. The van der Waals surface area contributed by atoms with Crippen LogP contribution in [0.4, 0.5) is 5.13 Å². The molecule has 0 spiro atoms.